The van der Waals surface area contributed by atoms with Crippen LogP contribution in [0.3, 0.4) is 0 Å². The molecule has 1 aromatic heterocycles. The first kappa shape index (κ1) is 29.2. The summed E-state index contributed by atoms with van der Waals surface area (Å²) in [6, 6.07) is 7.83. The lowest BCUT2D eigenvalue weighted by atomic mass is 9.92. The van der Waals surface area contributed by atoms with Gasteiger partial charge in [-0.2, -0.15) is 4.31 Å². The highest BCUT2D eigenvalue weighted by molar-refractivity contribution is 7.89. The summed E-state index contributed by atoms with van der Waals surface area (Å²) in [5, 5.41) is 9.60. The summed E-state index contributed by atoms with van der Waals surface area (Å²) in [4.78, 5) is 31.3. The minimum absolute atomic E-state index is 0.0429. The first-order chi connectivity index (χ1) is 19.1. The number of hydrogen-bond acceptors (Lipinski definition) is 6. The van der Waals surface area contributed by atoms with E-state index in [1.807, 2.05) is 0 Å². The van der Waals surface area contributed by atoms with Crippen molar-refractivity contribution < 1.29 is 41.0 Å². The summed E-state index contributed by atoms with van der Waals surface area (Å²) in [7, 11) is -4.47. The summed E-state index contributed by atoms with van der Waals surface area (Å²) in [5.41, 5.74) is -1.09. The Labute approximate surface area is 241 Å². The van der Waals surface area contributed by atoms with Crippen LogP contribution >= 0.6 is 23.2 Å². The van der Waals surface area contributed by atoms with E-state index in [0.29, 0.717) is 12.0 Å². The van der Waals surface area contributed by atoms with Crippen molar-refractivity contribution in [1.29, 1.82) is 0 Å². The average molecular weight is 633 g/mol. The molecule has 0 saturated carbocycles. The highest BCUT2D eigenvalue weighted by atomic mass is 35.5. The molecule has 0 bridgehead atoms. The number of carbonyl (C=O) groups excluding carboxylic acids is 1. The highest BCUT2D eigenvalue weighted by Gasteiger charge is 2.53. The molecule has 1 N–H and O–H groups in total. The molecule has 16 heteroatoms. The van der Waals surface area contributed by atoms with Crippen molar-refractivity contribution in [2.24, 2.45) is 0 Å². The number of fused-ring (bicyclic) bond motifs is 1. The Kier molecular flexibility index (Phi) is 7.25. The third kappa shape index (κ3) is 5.25. The van der Waals surface area contributed by atoms with Gasteiger partial charge in [0.1, 0.15) is 17.3 Å². The first-order valence-corrected chi connectivity index (χ1v) is 14.3. The van der Waals surface area contributed by atoms with Crippen LogP contribution in [0.4, 0.5) is 24.8 Å². The number of anilines is 2. The number of benzene rings is 2. The number of carbonyl (C=O) groups is 2. The maximum atomic E-state index is 14.1. The van der Waals surface area contributed by atoms with Crippen LogP contribution in [0.25, 0.3) is 0 Å². The van der Waals surface area contributed by atoms with Crippen molar-refractivity contribution in [3.63, 3.8) is 0 Å². The molecule has 0 aliphatic carbocycles. The molecular formula is C25H21Cl2F3N4O6S. The van der Waals surface area contributed by atoms with Gasteiger partial charge in [-0.25, -0.2) is 18.3 Å². The standard InChI is InChI=1S/C25H21Cl2F3N4O6S/c1-24(12-14-4-6-18(7-5-14)40-25(28,29)30)22(37)33(17-10-15(26)9-16(27)11-17)23-31-13-20(34(23)24)41(38,39)32-8-2-3-19(32)21(35)36/h4-7,9-11,13,19H,2-3,8,12H2,1H3,(H,35,36)/t19-,24+/m0/s1. The molecule has 3 aromatic rings. The molecule has 1 saturated heterocycles. The fourth-order valence-corrected chi connectivity index (χ4v) is 7.57. The fraction of sp³-hybridized carbons (Fsp3) is 0.320. The predicted molar refractivity (Wildman–Crippen MR) is 141 cm³/mol. The van der Waals surface area contributed by atoms with E-state index in [1.54, 1.807) is 0 Å². The van der Waals surface area contributed by atoms with E-state index in [9.17, 15) is 36.3 Å². The topological polar surface area (TPSA) is 122 Å². The van der Waals surface area contributed by atoms with Gasteiger partial charge in [-0.05, 0) is 55.7 Å². The number of halogens is 5. The molecule has 2 aliphatic heterocycles. The number of sulfonamides is 1. The van der Waals surface area contributed by atoms with Gasteiger partial charge < -0.3 is 9.84 Å². The molecule has 10 nitrogen and oxygen atoms in total. The van der Waals surface area contributed by atoms with Gasteiger partial charge in [0.15, 0.2) is 5.03 Å². The van der Waals surface area contributed by atoms with Crippen molar-refractivity contribution >= 4 is 56.7 Å². The molecule has 0 radical (unpaired) electrons. The first-order valence-electron chi connectivity index (χ1n) is 12.1. The number of amides is 1. The van der Waals surface area contributed by atoms with Gasteiger partial charge >= 0.3 is 12.3 Å². The number of carboxylic acids is 1. The van der Waals surface area contributed by atoms with Gasteiger partial charge in [0.05, 0.1) is 11.9 Å². The minimum atomic E-state index is -4.90. The molecule has 2 atom stereocenters. The second kappa shape index (κ2) is 10.2. The van der Waals surface area contributed by atoms with Crippen LogP contribution in [0.5, 0.6) is 5.75 Å². The number of rotatable bonds is 7. The zero-order valence-corrected chi connectivity index (χ0v) is 23.4. The van der Waals surface area contributed by atoms with Crippen molar-refractivity contribution in [2.45, 2.75) is 49.2 Å². The molecule has 1 fully saturated rings. The van der Waals surface area contributed by atoms with E-state index in [2.05, 4.69) is 9.72 Å². The van der Waals surface area contributed by atoms with Gasteiger partial charge in [-0.3, -0.25) is 14.2 Å². The van der Waals surface area contributed by atoms with Gasteiger partial charge in [0.25, 0.3) is 15.9 Å². The number of carboxylic acid groups (broad SMARTS) is 1. The number of alkyl halides is 3. The van der Waals surface area contributed by atoms with E-state index >= 15 is 0 Å². The molecule has 41 heavy (non-hydrogen) atoms. The van der Waals surface area contributed by atoms with E-state index in [4.69, 9.17) is 23.2 Å². The molecule has 218 valence electrons. The van der Waals surface area contributed by atoms with Crippen molar-refractivity contribution in [3.05, 3.63) is 64.3 Å². The fourth-order valence-electron chi connectivity index (χ4n) is 5.21. The number of imidazole rings is 1. The SMILES string of the molecule is C[C@@]1(Cc2ccc(OC(F)(F)F)cc2)C(=O)N(c2cc(Cl)cc(Cl)c2)c2ncc(S(=O)(=O)N3CCC[C@H]3C(=O)O)n21. The number of hydrogen-bond donors (Lipinski definition) is 1. The molecule has 2 aliphatic rings. The van der Waals surface area contributed by atoms with Crippen LogP contribution < -0.4 is 9.64 Å². The van der Waals surface area contributed by atoms with Crippen LogP contribution in [-0.2, 0) is 31.6 Å². The van der Waals surface area contributed by atoms with Crippen LogP contribution in [0.15, 0.2) is 53.7 Å². The van der Waals surface area contributed by atoms with Gasteiger partial charge in [-0.1, -0.05) is 35.3 Å². The maximum Gasteiger partial charge on any atom is 0.573 e. The van der Waals surface area contributed by atoms with Crippen LogP contribution in [-0.4, -0.2) is 58.2 Å². The van der Waals surface area contributed by atoms with Crippen LogP contribution in [0, 0.1) is 0 Å². The predicted octanol–water partition coefficient (Wildman–Crippen LogP) is 4.96. The minimum Gasteiger partial charge on any atom is -0.480 e. The second-order valence-electron chi connectivity index (χ2n) is 9.75. The van der Waals surface area contributed by atoms with Crippen LogP contribution in [0.2, 0.25) is 10.0 Å². The Bertz CT molecular complexity index is 1630. The number of nitrogens with zero attached hydrogens (tertiary/aromatic N) is 4. The maximum absolute atomic E-state index is 14.1. The zero-order chi connectivity index (χ0) is 29.9. The third-order valence-corrected chi connectivity index (χ3v) is 9.25. The average Bonchev–Trinajstić information content (AvgIpc) is 3.56. The smallest absolute Gasteiger partial charge is 0.480 e. The third-order valence-electron chi connectivity index (χ3n) is 6.94. The summed E-state index contributed by atoms with van der Waals surface area (Å²) < 4.78 is 71.6. The van der Waals surface area contributed by atoms with Crippen molar-refractivity contribution in [3.8, 4) is 5.75 Å². The molecule has 1 amide bonds. The molecular weight excluding hydrogens is 612 g/mol. The lowest BCUT2D eigenvalue weighted by Crippen LogP contribution is -2.45. The van der Waals surface area contributed by atoms with Crippen LogP contribution in [0.1, 0.15) is 25.3 Å². The molecule has 0 spiro atoms. The molecule has 5 rings (SSSR count). The Morgan fingerprint density at radius 1 is 1.17 bits per heavy atom. The van der Waals surface area contributed by atoms with Gasteiger partial charge in [-0.15, -0.1) is 13.2 Å². The molecule has 2 aromatic carbocycles. The summed E-state index contributed by atoms with van der Waals surface area (Å²) >= 11 is 12.3. The summed E-state index contributed by atoms with van der Waals surface area (Å²) in [6.07, 6.45) is -3.58. The second-order valence-corrected chi connectivity index (χ2v) is 12.5. The Balaban J connectivity index is 1.63. The largest absolute Gasteiger partial charge is 0.573 e. The number of aromatic nitrogens is 2. The lowest BCUT2D eigenvalue weighted by Gasteiger charge is -2.28. The Morgan fingerprint density at radius 2 is 1.80 bits per heavy atom. The number of ether oxygens (including phenoxy) is 1. The zero-order valence-electron chi connectivity index (χ0n) is 21.1. The summed E-state index contributed by atoms with van der Waals surface area (Å²) in [6.45, 7) is 1.42. The van der Waals surface area contributed by atoms with Crippen molar-refractivity contribution in [2.75, 3.05) is 11.4 Å². The van der Waals surface area contributed by atoms with Gasteiger partial charge in [0, 0.05) is 23.0 Å². The van der Waals surface area contributed by atoms with E-state index < -0.39 is 50.6 Å². The monoisotopic (exact) mass is 632 g/mol. The Morgan fingerprint density at radius 3 is 2.39 bits per heavy atom. The highest BCUT2D eigenvalue weighted by Crippen LogP contribution is 2.45. The quantitative estimate of drug-likeness (QED) is 0.390. The number of aliphatic carboxylic acids is 1. The summed E-state index contributed by atoms with van der Waals surface area (Å²) in [5.74, 6) is -2.48. The van der Waals surface area contributed by atoms with Gasteiger partial charge in [0.2, 0.25) is 5.95 Å². The lowest BCUT2D eigenvalue weighted by molar-refractivity contribution is -0.274. The Hall–Kier alpha value is -3.33. The molecule has 3 heterocycles. The van der Waals surface area contributed by atoms with E-state index in [0.717, 1.165) is 27.5 Å². The molecule has 0 unspecified atom stereocenters. The van der Waals surface area contributed by atoms with E-state index in [1.165, 1.54) is 41.8 Å². The normalized spacial score (nSPS) is 21.4. The van der Waals surface area contributed by atoms with Crippen molar-refractivity contribution in [1.82, 2.24) is 13.9 Å². The van der Waals surface area contributed by atoms with E-state index in [-0.39, 0.29) is 41.1 Å².